The largest absolute Gasteiger partial charge is 0.336 e. The zero-order chi connectivity index (χ0) is 20.8. The first-order valence-electron chi connectivity index (χ1n) is 9.88. The van der Waals surface area contributed by atoms with Crippen LogP contribution in [0.1, 0.15) is 27.9 Å². The molecule has 2 aliphatic heterocycles. The van der Waals surface area contributed by atoms with Crippen molar-refractivity contribution in [2.75, 3.05) is 13.1 Å². The molecule has 1 saturated heterocycles. The van der Waals surface area contributed by atoms with Crippen LogP contribution >= 0.6 is 0 Å². The Balaban J connectivity index is 1.57. The summed E-state index contributed by atoms with van der Waals surface area (Å²) in [7, 11) is -3.66. The quantitative estimate of drug-likeness (QED) is 0.654. The zero-order valence-corrected chi connectivity index (χ0v) is 17.1. The zero-order valence-electron chi connectivity index (χ0n) is 16.3. The van der Waals surface area contributed by atoms with Crippen molar-refractivity contribution in [1.82, 2.24) is 14.2 Å². The number of amides is 1. The maximum absolute atomic E-state index is 13.5. The average molecular weight is 420 g/mol. The SMILES string of the molecule is O=C(c1ccncc1)N1CC[C@]2(C1)c1ccccc1S(=O)(=O)N2Cc1ccccc1. The van der Waals surface area contributed by atoms with E-state index >= 15 is 0 Å². The lowest BCUT2D eigenvalue weighted by molar-refractivity contribution is 0.0762. The molecular formula is C23H21N3O3S. The third-order valence-electron chi connectivity index (χ3n) is 6.07. The summed E-state index contributed by atoms with van der Waals surface area (Å²) in [5.74, 6) is -0.101. The minimum atomic E-state index is -3.66. The molecule has 6 nitrogen and oxygen atoms in total. The Bertz CT molecular complexity index is 1200. The molecule has 0 saturated carbocycles. The molecule has 1 atom stereocenters. The fraction of sp³-hybridized carbons (Fsp3) is 0.217. The van der Waals surface area contributed by atoms with E-state index in [1.54, 1.807) is 45.9 Å². The Labute approximate surface area is 175 Å². The van der Waals surface area contributed by atoms with E-state index in [1.807, 2.05) is 42.5 Å². The molecule has 0 radical (unpaired) electrons. The van der Waals surface area contributed by atoms with Gasteiger partial charge >= 0.3 is 0 Å². The first-order valence-corrected chi connectivity index (χ1v) is 11.3. The molecule has 1 fully saturated rings. The summed E-state index contributed by atoms with van der Waals surface area (Å²) in [6.45, 7) is 1.10. The maximum atomic E-state index is 13.5. The minimum absolute atomic E-state index is 0.101. The Hall–Kier alpha value is -3.03. The Morgan fingerprint density at radius 2 is 1.67 bits per heavy atom. The van der Waals surface area contributed by atoms with Gasteiger partial charge in [-0.1, -0.05) is 48.5 Å². The smallest absolute Gasteiger partial charge is 0.254 e. The number of likely N-dealkylation sites (tertiary alicyclic amines) is 1. The van der Waals surface area contributed by atoms with Crippen LogP contribution < -0.4 is 0 Å². The first-order chi connectivity index (χ1) is 14.5. The highest BCUT2D eigenvalue weighted by Crippen LogP contribution is 2.50. The third-order valence-corrected chi connectivity index (χ3v) is 8.04. The van der Waals surface area contributed by atoms with Gasteiger partial charge in [-0.25, -0.2) is 8.42 Å². The number of rotatable bonds is 3. The lowest BCUT2D eigenvalue weighted by Crippen LogP contribution is -2.46. The fourth-order valence-corrected chi connectivity index (χ4v) is 6.66. The first kappa shape index (κ1) is 19.0. The van der Waals surface area contributed by atoms with E-state index in [0.717, 1.165) is 11.1 Å². The van der Waals surface area contributed by atoms with Crippen LogP contribution in [0.2, 0.25) is 0 Å². The van der Waals surface area contributed by atoms with Crippen molar-refractivity contribution in [3.05, 3.63) is 95.8 Å². The highest BCUT2D eigenvalue weighted by Gasteiger charge is 2.57. The van der Waals surface area contributed by atoms with Crippen molar-refractivity contribution in [2.24, 2.45) is 0 Å². The summed E-state index contributed by atoms with van der Waals surface area (Å²) in [4.78, 5) is 19.1. The molecule has 30 heavy (non-hydrogen) atoms. The number of aromatic nitrogens is 1. The van der Waals surface area contributed by atoms with Crippen LogP contribution in [0.4, 0.5) is 0 Å². The topological polar surface area (TPSA) is 70.6 Å². The van der Waals surface area contributed by atoms with Gasteiger partial charge in [-0.05, 0) is 35.7 Å². The van der Waals surface area contributed by atoms with Crippen LogP contribution in [0.15, 0.2) is 84.0 Å². The summed E-state index contributed by atoms with van der Waals surface area (Å²) in [5.41, 5.74) is 1.51. The van der Waals surface area contributed by atoms with Gasteiger partial charge in [0.05, 0.1) is 10.4 Å². The number of nitrogens with zero attached hydrogens (tertiary/aromatic N) is 3. The van der Waals surface area contributed by atoms with Crippen LogP contribution in [0, 0.1) is 0 Å². The van der Waals surface area contributed by atoms with Gasteiger partial charge < -0.3 is 4.90 Å². The molecule has 0 aliphatic carbocycles. The van der Waals surface area contributed by atoms with Gasteiger partial charge in [-0.3, -0.25) is 9.78 Å². The van der Waals surface area contributed by atoms with E-state index in [1.165, 1.54) is 0 Å². The van der Waals surface area contributed by atoms with Gasteiger partial charge in [0, 0.05) is 37.6 Å². The number of pyridine rings is 1. The maximum Gasteiger partial charge on any atom is 0.254 e. The highest BCUT2D eigenvalue weighted by molar-refractivity contribution is 7.89. The Morgan fingerprint density at radius 1 is 0.967 bits per heavy atom. The standard InChI is InChI=1S/C23H21N3O3S/c27-22(19-10-13-24-14-11-19)25-15-12-23(17-25)20-8-4-5-9-21(20)30(28,29)26(23)16-18-6-2-1-3-7-18/h1-11,13-14H,12,15-17H2/t23-/m0/s1. The lowest BCUT2D eigenvalue weighted by Gasteiger charge is -2.34. The van der Waals surface area contributed by atoms with E-state index in [-0.39, 0.29) is 12.5 Å². The molecule has 7 heteroatoms. The number of carbonyl (C=O) groups excluding carboxylic acids is 1. The number of sulfonamides is 1. The second kappa shape index (κ2) is 7.04. The molecule has 2 aliphatic rings. The predicted octanol–water partition coefficient (Wildman–Crippen LogP) is 3.03. The number of hydrogen-bond donors (Lipinski definition) is 0. The second-order valence-corrected chi connectivity index (χ2v) is 9.57. The summed E-state index contributed by atoms with van der Waals surface area (Å²) in [6, 6.07) is 20.2. The fourth-order valence-electron chi connectivity index (χ4n) is 4.61. The Kier molecular flexibility index (Phi) is 4.45. The summed E-state index contributed by atoms with van der Waals surface area (Å²) in [6.07, 6.45) is 3.75. The Morgan fingerprint density at radius 3 is 2.43 bits per heavy atom. The van der Waals surface area contributed by atoms with Gasteiger partial charge in [0.25, 0.3) is 5.91 Å². The number of benzene rings is 2. The third kappa shape index (κ3) is 2.85. The van der Waals surface area contributed by atoms with E-state index in [9.17, 15) is 13.2 Å². The van der Waals surface area contributed by atoms with E-state index in [0.29, 0.717) is 30.0 Å². The molecule has 0 N–H and O–H groups in total. The van der Waals surface area contributed by atoms with Gasteiger partial charge in [0.2, 0.25) is 10.0 Å². The molecule has 1 amide bonds. The molecule has 1 aromatic heterocycles. The average Bonchev–Trinajstić information content (AvgIpc) is 3.30. The predicted molar refractivity (Wildman–Crippen MR) is 112 cm³/mol. The van der Waals surface area contributed by atoms with Crippen LogP contribution in [0.3, 0.4) is 0 Å². The highest BCUT2D eigenvalue weighted by atomic mass is 32.2. The molecule has 0 unspecified atom stereocenters. The molecule has 152 valence electrons. The van der Waals surface area contributed by atoms with Crippen molar-refractivity contribution >= 4 is 15.9 Å². The molecular weight excluding hydrogens is 398 g/mol. The molecule has 0 bridgehead atoms. The number of fused-ring (bicyclic) bond motifs is 2. The van der Waals surface area contributed by atoms with Gasteiger partial charge in [-0.15, -0.1) is 0 Å². The molecule has 2 aromatic carbocycles. The van der Waals surface area contributed by atoms with Gasteiger partial charge in [-0.2, -0.15) is 4.31 Å². The van der Waals surface area contributed by atoms with Crippen molar-refractivity contribution in [2.45, 2.75) is 23.4 Å². The minimum Gasteiger partial charge on any atom is -0.336 e. The molecule has 5 rings (SSSR count). The van der Waals surface area contributed by atoms with Crippen LogP contribution in [0.25, 0.3) is 0 Å². The molecule has 3 heterocycles. The van der Waals surface area contributed by atoms with E-state index in [4.69, 9.17) is 0 Å². The molecule has 3 aromatic rings. The summed E-state index contributed by atoms with van der Waals surface area (Å²) < 4.78 is 28.6. The number of hydrogen-bond acceptors (Lipinski definition) is 4. The van der Waals surface area contributed by atoms with Gasteiger partial charge in [0.15, 0.2) is 0 Å². The van der Waals surface area contributed by atoms with Crippen LogP contribution in [-0.4, -0.2) is 41.6 Å². The van der Waals surface area contributed by atoms with Crippen LogP contribution in [0.5, 0.6) is 0 Å². The van der Waals surface area contributed by atoms with Gasteiger partial charge in [0.1, 0.15) is 0 Å². The van der Waals surface area contributed by atoms with Crippen molar-refractivity contribution in [3.63, 3.8) is 0 Å². The normalized spacial score (nSPS) is 22.3. The summed E-state index contributed by atoms with van der Waals surface area (Å²) in [5, 5.41) is 0. The lowest BCUT2D eigenvalue weighted by atomic mass is 9.88. The number of carbonyl (C=O) groups is 1. The van der Waals surface area contributed by atoms with E-state index in [2.05, 4.69) is 4.98 Å². The molecule has 1 spiro atoms. The summed E-state index contributed by atoms with van der Waals surface area (Å²) >= 11 is 0. The van der Waals surface area contributed by atoms with Crippen LogP contribution in [-0.2, 0) is 22.1 Å². The van der Waals surface area contributed by atoms with Crippen molar-refractivity contribution in [1.29, 1.82) is 0 Å². The van der Waals surface area contributed by atoms with Crippen molar-refractivity contribution < 1.29 is 13.2 Å². The van der Waals surface area contributed by atoms with E-state index < -0.39 is 15.6 Å². The second-order valence-electron chi connectivity index (χ2n) is 7.74. The van der Waals surface area contributed by atoms with Crippen molar-refractivity contribution in [3.8, 4) is 0 Å². The monoisotopic (exact) mass is 419 g/mol.